The molecule has 3 heterocycles. The number of aliphatic imine (C=N–C) groups is 1. The predicted octanol–water partition coefficient (Wildman–Crippen LogP) is 11.5. The molecule has 2 atom stereocenters. The predicted molar refractivity (Wildman–Crippen MR) is 205 cm³/mol. The third kappa shape index (κ3) is 4.30. The van der Waals surface area contributed by atoms with E-state index < -0.39 is 0 Å². The summed E-state index contributed by atoms with van der Waals surface area (Å²) in [4.78, 5) is 5.58. The molecule has 4 heteroatoms. The normalized spacial score (nSPS) is 17.8. The molecule has 0 saturated heterocycles. The Balaban J connectivity index is 1.21. The van der Waals surface area contributed by atoms with Crippen LogP contribution in [-0.4, -0.2) is 10.3 Å². The smallest absolute Gasteiger partial charge is 0.201 e. The molecule has 3 nitrogen and oxygen atoms in total. The number of rotatable bonds is 4. The minimum absolute atomic E-state index is 0.251. The summed E-state index contributed by atoms with van der Waals surface area (Å²) in [5.41, 5.74) is 8.15. The van der Waals surface area contributed by atoms with Gasteiger partial charge >= 0.3 is 0 Å². The Hall–Kier alpha value is -5.71. The van der Waals surface area contributed by atoms with E-state index in [-0.39, 0.29) is 12.2 Å². The number of nitrogens with zero attached hydrogens (tertiary/aromatic N) is 2. The summed E-state index contributed by atoms with van der Waals surface area (Å²) in [6.07, 6.45) is 11.8. The van der Waals surface area contributed by atoms with Gasteiger partial charge in [-0.2, -0.15) is 0 Å². The first-order chi connectivity index (χ1) is 23.8. The van der Waals surface area contributed by atoms with Crippen molar-refractivity contribution in [2.45, 2.75) is 12.7 Å². The van der Waals surface area contributed by atoms with Crippen LogP contribution in [0, 0.1) is 5.92 Å². The van der Waals surface area contributed by atoms with Gasteiger partial charge in [-0.05, 0) is 46.5 Å². The van der Waals surface area contributed by atoms with Gasteiger partial charge in [0.25, 0.3) is 0 Å². The van der Waals surface area contributed by atoms with Crippen molar-refractivity contribution in [1.29, 1.82) is 0 Å². The maximum Gasteiger partial charge on any atom is 0.201 e. The Morgan fingerprint density at radius 3 is 2.29 bits per heavy atom. The van der Waals surface area contributed by atoms with E-state index >= 15 is 0 Å². The third-order valence-corrected chi connectivity index (χ3v) is 11.2. The number of hydrogen-bond acceptors (Lipinski definition) is 3. The molecule has 2 aromatic heterocycles. The van der Waals surface area contributed by atoms with Crippen molar-refractivity contribution >= 4 is 69.8 Å². The van der Waals surface area contributed by atoms with Gasteiger partial charge in [0, 0.05) is 48.1 Å². The first-order valence-electron chi connectivity index (χ1n) is 16.6. The van der Waals surface area contributed by atoms with Gasteiger partial charge in [0.05, 0.1) is 16.7 Å². The van der Waals surface area contributed by atoms with Crippen molar-refractivity contribution in [3.05, 3.63) is 169 Å². The molecule has 2 unspecified atom stereocenters. The first-order valence-corrected chi connectivity index (χ1v) is 17.4. The van der Waals surface area contributed by atoms with Crippen LogP contribution in [0.1, 0.15) is 18.3 Å². The van der Waals surface area contributed by atoms with E-state index in [1.807, 2.05) is 11.3 Å². The molecule has 1 N–H and O–H groups in total. The summed E-state index contributed by atoms with van der Waals surface area (Å²) in [6.45, 7) is 0. The molecule has 0 amide bonds. The van der Waals surface area contributed by atoms with Gasteiger partial charge in [0.15, 0.2) is 0 Å². The van der Waals surface area contributed by atoms with Gasteiger partial charge in [0.1, 0.15) is 0 Å². The molecule has 1 aliphatic carbocycles. The van der Waals surface area contributed by atoms with Crippen LogP contribution in [-0.2, 0) is 0 Å². The van der Waals surface area contributed by atoms with Crippen LogP contribution in [0.4, 0.5) is 0 Å². The number of aromatic nitrogens is 1. The highest BCUT2D eigenvalue weighted by molar-refractivity contribution is 7.27. The molecule has 0 bridgehead atoms. The summed E-state index contributed by atoms with van der Waals surface area (Å²) in [5.74, 6) is 0.251. The average molecular weight is 634 g/mol. The van der Waals surface area contributed by atoms with Gasteiger partial charge in [-0.3, -0.25) is 0 Å². The Kier molecular flexibility index (Phi) is 6.24. The molecule has 0 radical (unpaired) electrons. The molecule has 228 valence electrons. The van der Waals surface area contributed by atoms with Crippen molar-refractivity contribution in [3.8, 4) is 11.1 Å². The summed E-state index contributed by atoms with van der Waals surface area (Å²) < 4.78 is 5.03. The SMILES string of the molecule is C1=CCC(C2=CC(c3cccc4c3sc3c5ccccc5ccc43)=NC(n3c4ccccc4c4ccc(-c5ccccc5)cc43)N2)C=C1. The Morgan fingerprint density at radius 2 is 1.40 bits per heavy atom. The third-order valence-electron chi connectivity index (χ3n) is 9.96. The highest BCUT2D eigenvalue weighted by atomic mass is 32.1. The molecule has 1 aliphatic heterocycles. The van der Waals surface area contributed by atoms with Crippen LogP contribution < -0.4 is 5.32 Å². The van der Waals surface area contributed by atoms with Crippen molar-refractivity contribution in [1.82, 2.24) is 9.88 Å². The Labute approximate surface area is 282 Å². The molecule has 6 aromatic carbocycles. The van der Waals surface area contributed by atoms with Gasteiger partial charge < -0.3 is 9.88 Å². The van der Waals surface area contributed by atoms with Crippen LogP contribution in [0.3, 0.4) is 0 Å². The lowest BCUT2D eigenvalue weighted by Crippen LogP contribution is -2.32. The molecule has 48 heavy (non-hydrogen) atoms. The molecule has 0 fully saturated rings. The lowest BCUT2D eigenvalue weighted by Gasteiger charge is -2.30. The highest BCUT2D eigenvalue weighted by Gasteiger charge is 2.27. The fourth-order valence-electron chi connectivity index (χ4n) is 7.64. The zero-order valence-electron chi connectivity index (χ0n) is 26.2. The summed E-state index contributed by atoms with van der Waals surface area (Å²) in [5, 5.41) is 11.6. The van der Waals surface area contributed by atoms with E-state index in [4.69, 9.17) is 4.99 Å². The summed E-state index contributed by atoms with van der Waals surface area (Å²) in [6, 6.07) is 46.2. The van der Waals surface area contributed by atoms with Crippen LogP contribution in [0.2, 0.25) is 0 Å². The molecule has 8 aromatic rings. The lowest BCUT2D eigenvalue weighted by atomic mass is 9.94. The second kappa shape index (κ2) is 10.9. The fourth-order valence-corrected chi connectivity index (χ4v) is 8.99. The van der Waals surface area contributed by atoms with Gasteiger partial charge in [0.2, 0.25) is 6.29 Å². The fraction of sp³-hybridized carbons (Fsp3) is 0.0682. The number of hydrogen-bond donors (Lipinski definition) is 1. The van der Waals surface area contributed by atoms with Crippen LogP contribution >= 0.6 is 11.3 Å². The minimum Gasteiger partial charge on any atom is -0.349 e. The summed E-state index contributed by atoms with van der Waals surface area (Å²) in [7, 11) is 0. The van der Waals surface area contributed by atoms with Gasteiger partial charge in [-0.1, -0.05) is 140 Å². The topological polar surface area (TPSA) is 29.3 Å². The number of thiophene rings is 1. The monoisotopic (exact) mass is 633 g/mol. The number of allylic oxidation sites excluding steroid dienone is 5. The maximum absolute atomic E-state index is 5.58. The van der Waals surface area contributed by atoms with Crippen molar-refractivity contribution < 1.29 is 0 Å². The van der Waals surface area contributed by atoms with E-state index in [0.717, 1.165) is 12.1 Å². The van der Waals surface area contributed by atoms with Crippen LogP contribution in [0.5, 0.6) is 0 Å². The van der Waals surface area contributed by atoms with Crippen molar-refractivity contribution in [3.63, 3.8) is 0 Å². The molecule has 0 spiro atoms. The number of para-hydroxylation sites is 1. The molecule has 2 aliphatic rings. The van der Waals surface area contributed by atoms with Crippen molar-refractivity contribution in [2.75, 3.05) is 0 Å². The maximum atomic E-state index is 5.58. The number of fused-ring (bicyclic) bond motifs is 8. The van der Waals surface area contributed by atoms with E-state index in [1.54, 1.807) is 0 Å². The molecular formula is C44H31N3S. The second-order valence-electron chi connectivity index (χ2n) is 12.7. The van der Waals surface area contributed by atoms with E-state index in [9.17, 15) is 0 Å². The van der Waals surface area contributed by atoms with E-state index in [2.05, 4.69) is 168 Å². The van der Waals surface area contributed by atoms with Gasteiger partial charge in [-0.15, -0.1) is 11.3 Å². The second-order valence-corrected chi connectivity index (χ2v) is 13.7. The largest absolute Gasteiger partial charge is 0.349 e. The van der Waals surface area contributed by atoms with Gasteiger partial charge in [-0.25, -0.2) is 4.99 Å². The van der Waals surface area contributed by atoms with Crippen LogP contribution in [0.25, 0.3) is 63.9 Å². The minimum atomic E-state index is -0.321. The van der Waals surface area contributed by atoms with E-state index in [0.29, 0.717) is 0 Å². The van der Waals surface area contributed by atoms with Crippen molar-refractivity contribution in [2.24, 2.45) is 10.9 Å². The number of nitrogens with one attached hydrogen (secondary N) is 1. The first kappa shape index (κ1) is 27.4. The average Bonchev–Trinajstić information content (AvgIpc) is 3.71. The quantitative estimate of drug-likeness (QED) is 0.205. The molecule has 10 rings (SSSR count). The zero-order chi connectivity index (χ0) is 31.6. The lowest BCUT2D eigenvalue weighted by molar-refractivity contribution is 0.454. The summed E-state index contributed by atoms with van der Waals surface area (Å²) >= 11 is 1.89. The molecular weight excluding hydrogens is 603 g/mol. The standard InChI is InChI=1S/C44H31N3S/c1-3-12-28(13-4-1)31-23-24-34-33-18-9-10-21-40(33)47(41(34)26-31)44-45-38(30-15-5-2-6-16-30)27-39(46-44)37-20-11-19-35-36-25-22-29-14-7-8-17-32(29)42(36)48-43(35)37/h1-15,17-27,30,44-45H,16H2. The Morgan fingerprint density at radius 1 is 0.625 bits per heavy atom. The van der Waals surface area contributed by atoms with Crippen LogP contribution in [0.15, 0.2) is 168 Å². The van der Waals surface area contributed by atoms with E-state index in [1.165, 1.54) is 75.1 Å². The Bertz CT molecular complexity index is 2690. The molecule has 0 saturated carbocycles. The highest BCUT2D eigenvalue weighted by Crippen LogP contribution is 2.42. The number of benzene rings is 6. The zero-order valence-corrected chi connectivity index (χ0v) is 27.0.